The fraction of sp³-hybridized carbons (Fsp3) is 0.179. The van der Waals surface area contributed by atoms with E-state index in [1.807, 2.05) is 48.5 Å². The molecule has 3 aromatic carbocycles. The molecule has 4 aromatic rings. The van der Waals surface area contributed by atoms with Crippen LogP contribution in [0.4, 0.5) is 5.69 Å². The quantitative estimate of drug-likeness (QED) is 0.371. The van der Waals surface area contributed by atoms with Crippen LogP contribution in [0, 0.1) is 0 Å². The molecule has 5 rings (SSSR count). The Morgan fingerprint density at radius 1 is 0.972 bits per heavy atom. The van der Waals surface area contributed by atoms with Gasteiger partial charge in [-0.25, -0.2) is 4.79 Å². The van der Waals surface area contributed by atoms with Gasteiger partial charge in [-0.05, 0) is 48.9 Å². The van der Waals surface area contributed by atoms with Crippen LogP contribution in [0.15, 0.2) is 72.8 Å². The molecule has 1 aromatic heterocycles. The Balaban J connectivity index is 1.66. The molecule has 8 nitrogen and oxygen atoms in total. The minimum atomic E-state index is -0.491. The summed E-state index contributed by atoms with van der Waals surface area (Å²) in [5.74, 6) is 0.516. The van der Waals surface area contributed by atoms with Gasteiger partial charge in [0.2, 0.25) is 0 Å². The normalized spacial score (nSPS) is 14.5. The summed E-state index contributed by atoms with van der Waals surface area (Å²) >= 11 is 0. The van der Waals surface area contributed by atoms with E-state index in [2.05, 4.69) is 10.2 Å². The molecule has 2 heterocycles. The maximum Gasteiger partial charge on any atom is 0.338 e. The Hall–Kier alpha value is -4.59. The van der Waals surface area contributed by atoms with Crippen molar-refractivity contribution < 1.29 is 23.8 Å². The number of fused-ring (bicyclic) bond motifs is 1. The standard InChI is InChI=1S/C28H25N3O5/c1-4-36-28(33)18-10-13-20(14-11-18)31-26(19-12-15-21(34-2)22(16-19)35-3)23-24(17-8-6-5-7-9-17)29-30-25(23)27(31)32/h5-16,26H,4H2,1-3H3,(H,29,30). The summed E-state index contributed by atoms with van der Waals surface area (Å²) in [5.41, 5.74) is 4.66. The molecular formula is C28H25N3O5. The molecule has 182 valence electrons. The molecular weight excluding hydrogens is 458 g/mol. The van der Waals surface area contributed by atoms with Crippen molar-refractivity contribution in [2.45, 2.75) is 13.0 Å². The van der Waals surface area contributed by atoms with Gasteiger partial charge in [-0.15, -0.1) is 0 Å². The van der Waals surface area contributed by atoms with Crippen LogP contribution in [0.2, 0.25) is 0 Å². The monoisotopic (exact) mass is 483 g/mol. The first kappa shape index (κ1) is 23.2. The molecule has 1 aliphatic heterocycles. The summed E-state index contributed by atoms with van der Waals surface area (Å²) in [6.07, 6.45) is 0. The molecule has 1 N–H and O–H groups in total. The number of benzene rings is 3. The van der Waals surface area contributed by atoms with Gasteiger partial charge in [-0.3, -0.25) is 14.8 Å². The number of hydrogen-bond donors (Lipinski definition) is 1. The Labute approximate surface area is 208 Å². The SMILES string of the molecule is CCOC(=O)c1ccc(N2C(=O)c3[nH]nc(-c4ccccc4)c3C2c2ccc(OC)c(OC)c2)cc1. The number of nitrogens with one attached hydrogen (secondary N) is 1. The zero-order valence-corrected chi connectivity index (χ0v) is 20.1. The number of carbonyl (C=O) groups excluding carboxylic acids is 2. The lowest BCUT2D eigenvalue weighted by molar-refractivity contribution is 0.0526. The van der Waals surface area contributed by atoms with E-state index in [1.165, 1.54) is 0 Å². The summed E-state index contributed by atoms with van der Waals surface area (Å²) in [6.45, 7) is 2.05. The van der Waals surface area contributed by atoms with E-state index in [9.17, 15) is 9.59 Å². The first-order valence-corrected chi connectivity index (χ1v) is 11.5. The number of anilines is 1. The lowest BCUT2D eigenvalue weighted by Gasteiger charge is -2.27. The van der Waals surface area contributed by atoms with Gasteiger partial charge in [0.25, 0.3) is 5.91 Å². The van der Waals surface area contributed by atoms with Crippen molar-refractivity contribution in [2.75, 3.05) is 25.7 Å². The molecule has 0 saturated heterocycles. The first-order valence-electron chi connectivity index (χ1n) is 11.5. The van der Waals surface area contributed by atoms with E-state index < -0.39 is 12.0 Å². The average molecular weight is 484 g/mol. The summed E-state index contributed by atoms with van der Waals surface area (Å²) in [7, 11) is 3.15. The molecule has 0 fully saturated rings. The van der Waals surface area contributed by atoms with E-state index in [-0.39, 0.29) is 12.5 Å². The van der Waals surface area contributed by atoms with Crippen LogP contribution >= 0.6 is 0 Å². The Kier molecular flexibility index (Phi) is 6.16. The van der Waals surface area contributed by atoms with Gasteiger partial charge < -0.3 is 14.2 Å². The minimum Gasteiger partial charge on any atom is -0.493 e. The predicted molar refractivity (Wildman–Crippen MR) is 135 cm³/mol. The number of ether oxygens (including phenoxy) is 3. The number of rotatable bonds is 7. The predicted octanol–water partition coefficient (Wildman–Crippen LogP) is 5.02. The fourth-order valence-electron chi connectivity index (χ4n) is 4.54. The lowest BCUT2D eigenvalue weighted by Crippen LogP contribution is -2.29. The van der Waals surface area contributed by atoms with Gasteiger partial charge in [0.15, 0.2) is 11.5 Å². The van der Waals surface area contributed by atoms with Crippen molar-refractivity contribution in [1.29, 1.82) is 0 Å². The number of aromatic nitrogens is 2. The molecule has 1 unspecified atom stereocenters. The molecule has 0 spiro atoms. The highest BCUT2D eigenvalue weighted by Gasteiger charge is 2.43. The third-order valence-corrected chi connectivity index (χ3v) is 6.20. The highest BCUT2D eigenvalue weighted by atomic mass is 16.5. The second kappa shape index (κ2) is 9.58. The topological polar surface area (TPSA) is 93.8 Å². The maximum atomic E-state index is 13.7. The van der Waals surface area contributed by atoms with Crippen LogP contribution in [0.25, 0.3) is 11.3 Å². The number of esters is 1. The molecule has 1 aliphatic rings. The van der Waals surface area contributed by atoms with Gasteiger partial charge in [0, 0.05) is 16.8 Å². The second-order valence-electron chi connectivity index (χ2n) is 8.19. The summed E-state index contributed by atoms with van der Waals surface area (Å²) in [5, 5.41) is 7.47. The number of carbonyl (C=O) groups is 2. The van der Waals surface area contributed by atoms with E-state index in [0.717, 1.165) is 16.7 Å². The third kappa shape index (κ3) is 3.86. The van der Waals surface area contributed by atoms with Crippen molar-refractivity contribution >= 4 is 17.6 Å². The first-order chi connectivity index (χ1) is 17.6. The molecule has 1 amide bonds. The Morgan fingerprint density at radius 2 is 1.69 bits per heavy atom. The summed E-state index contributed by atoms with van der Waals surface area (Å²) in [6, 6.07) is 21.7. The summed E-state index contributed by atoms with van der Waals surface area (Å²) < 4.78 is 16.1. The largest absolute Gasteiger partial charge is 0.493 e. The van der Waals surface area contributed by atoms with Crippen LogP contribution in [0.3, 0.4) is 0 Å². The minimum absolute atomic E-state index is 0.219. The van der Waals surface area contributed by atoms with Gasteiger partial charge in [0.05, 0.1) is 38.1 Å². The molecule has 36 heavy (non-hydrogen) atoms. The smallest absolute Gasteiger partial charge is 0.338 e. The van der Waals surface area contributed by atoms with Crippen molar-refractivity contribution in [3.05, 3.63) is 95.2 Å². The number of H-pyrrole nitrogens is 1. The molecule has 0 aliphatic carbocycles. The maximum absolute atomic E-state index is 13.7. The molecule has 8 heteroatoms. The number of hydrogen-bond acceptors (Lipinski definition) is 6. The Morgan fingerprint density at radius 3 is 2.36 bits per heavy atom. The van der Waals surface area contributed by atoms with E-state index >= 15 is 0 Å². The number of methoxy groups -OCH3 is 2. The van der Waals surface area contributed by atoms with E-state index in [4.69, 9.17) is 14.2 Å². The van der Waals surface area contributed by atoms with Crippen LogP contribution in [-0.4, -0.2) is 42.9 Å². The number of nitrogens with zero attached hydrogens (tertiary/aromatic N) is 2. The van der Waals surface area contributed by atoms with E-state index in [0.29, 0.717) is 34.1 Å². The van der Waals surface area contributed by atoms with Crippen LogP contribution in [-0.2, 0) is 4.74 Å². The van der Waals surface area contributed by atoms with Crippen LogP contribution in [0.1, 0.15) is 44.9 Å². The molecule has 1 atom stereocenters. The lowest BCUT2D eigenvalue weighted by atomic mass is 9.95. The average Bonchev–Trinajstić information content (AvgIpc) is 3.48. The zero-order valence-electron chi connectivity index (χ0n) is 20.1. The van der Waals surface area contributed by atoms with Crippen LogP contribution in [0.5, 0.6) is 11.5 Å². The fourth-order valence-corrected chi connectivity index (χ4v) is 4.54. The van der Waals surface area contributed by atoms with Gasteiger partial charge in [0.1, 0.15) is 5.69 Å². The van der Waals surface area contributed by atoms with Gasteiger partial charge in [-0.1, -0.05) is 36.4 Å². The summed E-state index contributed by atoms with van der Waals surface area (Å²) in [4.78, 5) is 27.6. The third-order valence-electron chi connectivity index (χ3n) is 6.20. The molecule has 0 bridgehead atoms. The molecule has 0 radical (unpaired) electrons. The van der Waals surface area contributed by atoms with Crippen molar-refractivity contribution in [3.63, 3.8) is 0 Å². The number of amides is 1. The Bertz CT molecular complexity index is 1410. The number of aromatic amines is 1. The second-order valence-corrected chi connectivity index (χ2v) is 8.19. The van der Waals surface area contributed by atoms with Gasteiger partial charge in [-0.2, -0.15) is 5.10 Å². The highest BCUT2D eigenvalue weighted by Crippen LogP contribution is 2.46. The zero-order chi connectivity index (χ0) is 25.2. The van der Waals surface area contributed by atoms with E-state index in [1.54, 1.807) is 50.3 Å². The van der Waals surface area contributed by atoms with Crippen LogP contribution < -0.4 is 14.4 Å². The highest BCUT2D eigenvalue weighted by molar-refractivity contribution is 6.12. The van der Waals surface area contributed by atoms with Crippen molar-refractivity contribution in [3.8, 4) is 22.8 Å². The van der Waals surface area contributed by atoms with Crippen molar-refractivity contribution in [1.82, 2.24) is 10.2 Å². The van der Waals surface area contributed by atoms with Gasteiger partial charge >= 0.3 is 5.97 Å². The molecule has 0 saturated carbocycles. The van der Waals surface area contributed by atoms with Crippen molar-refractivity contribution in [2.24, 2.45) is 0 Å².